The number of carbonyl (C=O) groups is 2. The number of allylic oxidation sites excluding steroid dienone is 2. The number of hydrogen-bond donors (Lipinski definition) is 14. The van der Waals surface area contributed by atoms with Crippen molar-refractivity contribution >= 4 is 11.9 Å². The molecule has 25 nitrogen and oxygen atoms in total. The molecule has 5 aliphatic carbocycles. The van der Waals surface area contributed by atoms with Crippen molar-refractivity contribution in [2.45, 2.75) is 242 Å². The molecule has 9 aliphatic rings. The first-order valence-corrected chi connectivity index (χ1v) is 28.9. The monoisotopic (exact) mass is 1170 g/mol. The Balaban J connectivity index is 1.04. The van der Waals surface area contributed by atoms with E-state index in [0.29, 0.717) is 50.5 Å². The molecule has 9 rings (SSSR count). The Morgan fingerprint density at radius 2 is 1.27 bits per heavy atom. The first kappa shape index (κ1) is 64.1. The standard InChI is InChI=1S/C57H90O25/c1-10-23(2)47(73)77-32-18-52(3,4)17-25-24-11-12-30-54(7)15-14-31(53(5,6)29(54)13-16-55(30,8)56(24,9)44(69)45(70)57(25,32)22-59)78-51-43(82-49-38(67)36(65)35(64)28(19-58)76-49)40(39(68)41(80-51)46(71)72)79-50-42(34(63)27(61)21-75-50)81-48-37(66)33(62)26(60)20-74-48/h10-11,25-45,48-51,58-70H,12-22H2,1-9H3,(H,71,72)/b23-10-/t25-,26+,27-,28+,29?,30?,31-,32-,33-,34-,35-,36-,37+,38+,39-,40-,41-,42+,43+,44-,45+,48-,49-,50-,51+,54-,55+,56-,57+/m0/s1. The summed E-state index contributed by atoms with van der Waals surface area (Å²) in [5.74, 6) is -2.97. The van der Waals surface area contributed by atoms with Crippen LogP contribution in [0.1, 0.15) is 107 Å². The van der Waals surface area contributed by atoms with E-state index in [9.17, 15) is 81.1 Å². The maximum absolute atomic E-state index is 13.4. The van der Waals surface area contributed by atoms with E-state index in [-0.39, 0.29) is 17.3 Å². The van der Waals surface area contributed by atoms with Gasteiger partial charge < -0.3 is 114 Å². The zero-order valence-electron chi connectivity index (χ0n) is 48.1. The van der Waals surface area contributed by atoms with Crippen LogP contribution in [0.5, 0.6) is 0 Å². The summed E-state index contributed by atoms with van der Waals surface area (Å²) in [7, 11) is 0. The number of aliphatic hydroxyl groups is 13. The van der Waals surface area contributed by atoms with Gasteiger partial charge in [0.25, 0.3) is 0 Å². The first-order valence-electron chi connectivity index (χ1n) is 28.9. The van der Waals surface area contributed by atoms with Crippen molar-refractivity contribution in [1.29, 1.82) is 0 Å². The van der Waals surface area contributed by atoms with Crippen LogP contribution in [0.3, 0.4) is 0 Å². The molecule has 29 atom stereocenters. The number of carboxylic acids is 1. The van der Waals surface area contributed by atoms with Crippen LogP contribution in [0.15, 0.2) is 23.3 Å². The van der Waals surface area contributed by atoms with Crippen LogP contribution in [0.2, 0.25) is 0 Å². The highest BCUT2D eigenvalue weighted by atomic mass is 16.8. The highest BCUT2D eigenvalue weighted by Crippen LogP contribution is 2.76. The average molecular weight is 1180 g/mol. The topological polar surface area (TPSA) is 400 Å². The normalized spacial score (nSPS) is 52.0. The van der Waals surface area contributed by atoms with Gasteiger partial charge in [-0.15, -0.1) is 0 Å². The van der Waals surface area contributed by atoms with E-state index < -0.39 is 206 Å². The molecule has 0 amide bonds. The Hall–Kier alpha value is -2.42. The van der Waals surface area contributed by atoms with Gasteiger partial charge in [0, 0.05) is 11.0 Å². The molecule has 0 radical (unpaired) electrons. The molecule has 468 valence electrons. The molecular weight excluding hydrogens is 1080 g/mol. The van der Waals surface area contributed by atoms with Gasteiger partial charge in [-0.2, -0.15) is 0 Å². The maximum atomic E-state index is 13.4. The molecule has 8 fully saturated rings. The number of rotatable bonds is 13. The number of aliphatic hydroxyl groups excluding tert-OH is 13. The Morgan fingerprint density at radius 3 is 1.90 bits per heavy atom. The quantitative estimate of drug-likeness (QED) is 0.0420. The van der Waals surface area contributed by atoms with E-state index in [4.69, 9.17) is 42.6 Å². The number of hydrogen-bond acceptors (Lipinski definition) is 24. The molecule has 82 heavy (non-hydrogen) atoms. The summed E-state index contributed by atoms with van der Waals surface area (Å²) in [6, 6.07) is 0. The highest BCUT2D eigenvalue weighted by molar-refractivity contribution is 5.87. The van der Waals surface area contributed by atoms with E-state index in [2.05, 4.69) is 33.8 Å². The maximum Gasteiger partial charge on any atom is 0.335 e. The molecule has 4 saturated heterocycles. The number of esters is 1. The minimum Gasteiger partial charge on any atom is -0.479 e. The van der Waals surface area contributed by atoms with Crippen LogP contribution < -0.4 is 0 Å². The van der Waals surface area contributed by atoms with E-state index in [1.807, 2.05) is 20.8 Å². The van der Waals surface area contributed by atoms with Crippen molar-refractivity contribution in [3.63, 3.8) is 0 Å². The third-order valence-corrected chi connectivity index (χ3v) is 21.9. The Labute approximate surface area is 476 Å². The van der Waals surface area contributed by atoms with E-state index >= 15 is 0 Å². The van der Waals surface area contributed by atoms with Gasteiger partial charge in [-0.1, -0.05) is 66.2 Å². The summed E-state index contributed by atoms with van der Waals surface area (Å²) in [5.41, 5.74) is -3.44. The summed E-state index contributed by atoms with van der Waals surface area (Å²) in [4.78, 5) is 26.6. The SMILES string of the molecule is C/C=C(/C)C(=O)O[C@H]1CC(C)(C)C[C@H]2C3=CCC4[C@@]5(C)CC[C@H](O[C@@H]6O[C@H](C(=O)O)[C@@H](O)[C@H](O[C@@H]7OC[C@H](O)[C@H](O)[C@H]7O[C@@H]7OC[C@@H](O)[C@H](O)[C@H]7O)[C@H]6O[C@@H]6O[C@H](CO)[C@H](O)[C@H](O)[C@H]6O)C(C)(C)C5CC[C@@]4(C)[C@]3(C)[C@@H](O)[C@@H](O)[C@@]12CO. The van der Waals surface area contributed by atoms with Gasteiger partial charge in [0.15, 0.2) is 31.3 Å². The minimum absolute atomic E-state index is 0.107. The number of ether oxygens (including phenoxy) is 9. The fraction of sp³-hybridized carbons (Fsp3) is 0.895. The van der Waals surface area contributed by atoms with Gasteiger partial charge in [-0.3, -0.25) is 0 Å². The summed E-state index contributed by atoms with van der Waals surface area (Å²) in [5, 5.41) is 156. The molecular formula is C57H90O25. The number of fused-ring (bicyclic) bond motifs is 7. The zero-order chi connectivity index (χ0) is 60.3. The minimum atomic E-state index is -2.21. The first-order chi connectivity index (χ1) is 38.3. The van der Waals surface area contributed by atoms with Crippen molar-refractivity contribution in [2.75, 3.05) is 26.4 Å². The molecule has 4 heterocycles. The smallest absolute Gasteiger partial charge is 0.335 e. The van der Waals surface area contributed by atoms with Crippen molar-refractivity contribution in [3.05, 3.63) is 23.3 Å². The molecule has 0 aromatic carbocycles. The van der Waals surface area contributed by atoms with Crippen molar-refractivity contribution in [3.8, 4) is 0 Å². The lowest BCUT2D eigenvalue weighted by atomic mass is 9.32. The Bertz CT molecular complexity index is 2370. The lowest BCUT2D eigenvalue weighted by Gasteiger charge is -2.73. The summed E-state index contributed by atoms with van der Waals surface area (Å²) in [6.45, 7) is 15.5. The second-order valence-electron chi connectivity index (χ2n) is 27.1. The van der Waals surface area contributed by atoms with Crippen molar-refractivity contribution in [2.24, 2.45) is 50.2 Å². The fourth-order valence-corrected chi connectivity index (χ4v) is 16.8. The summed E-state index contributed by atoms with van der Waals surface area (Å²) in [6.07, 6.45) is -30.9. The van der Waals surface area contributed by atoms with Gasteiger partial charge in [0.2, 0.25) is 0 Å². The molecule has 14 N–H and O–H groups in total. The Kier molecular flexibility index (Phi) is 18.2. The van der Waals surface area contributed by atoms with Gasteiger partial charge in [-0.25, -0.2) is 9.59 Å². The fourth-order valence-electron chi connectivity index (χ4n) is 16.8. The molecule has 4 saturated carbocycles. The predicted molar refractivity (Wildman–Crippen MR) is 279 cm³/mol. The van der Waals surface area contributed by atoms with Crippen LogP contribution in [-0.4, -0.2) is 245 Å². The van der Waals surface area contributed by atoms with Crippen LogP contribution in [-0.2, 0) is 52.2 Å². The number of carboxylic acid groups (broad SMARTS) is 1. The molecule has 0 bridgehead atoms. The number of aliphatic carboxylic acids is 1. The van der Waals surface area contributed by atoms with Crippen molar-refractivity contribution < 1.29 is 124 Å². The van der Waals surface area contributed by atoms with Gasteiger partial charge in [0.1, 0.15) is 85.5 Å². The highest BCUT2D eigenvalue weighted by Gasteiger charge is 2.75. The van der Waals surface area contributed by atoms with Gasteiger partial charge in [0.05, 0.1) is 50.2 Å². The molecule has 0 aromatic heterocycles. The zero-order valence-corrected chi connectivity index (χ0v) is 48.1. The largest absolute Gasteiger partial charge is 0.479 e. The lowest BCUT2D eigenvalue weighted by molar-refractivity contribution is -0.399. The molecule has 0 aromatic rings. The van der Waals surface area contributed by atoms with Crippen molar-refractivity contribution in [1.82, 2.24) is 0 Å². The second kappa shape index (κ2) is 23.3. The van der Waals surface area contributed by atoms with Crippen LogP contribution in [0.4, 0.5) is 0 Å². The van der Waals surface area contributed by atoms with E-state index in [0.717, 1.165) is 5.57 Å². The second-order valence-corrected chi connectivity index (χ2v) is 27.1. The molecule has 4 aliphatic heterocycles. The van der Waals surface area contributed by atoms with Crippen LogP contribution >= 0.6 is 0 Å². The Morgan fingerprint density at radius 1 is 0.646 bits per heavy atom. The third-order valence-electron chi connectivity index (χ3n) is 21.9. The third kappa shape index (κ3) is 10.3. The van der Waals surface area contributed by atoms with Crippen LogP contribution in [0, 0.1) is 50.2 Å². The van der Waals surface area contributed by atoms with Crippen LogP contribution in [0.25, 0.3) is 0 Å². The molecule has 2 unspecified atom stereocenters. The summed E-state index contributed by atoms with van der Waals surface area (Å²) >= 11 is 0. The van der Waals surface area contributed by atoms with Gasteiger partial charge >= 0.3 is 11.9 Å². The molecule has 25 heteroatoms. The van der Waals surface area contributed by atoms with Gasteiger partial charge in [-0.05, 0) is 98.2 Å². The molecule has 0 spiro atoms. The predicted octanol–water partition coefficient (Wildman–Crippen LogP) is -1.76. The number of carbonyl (C=O) groups excluding carboxylic acids is 1. The summed E-state index contributed by atoms with van der Waals surface area (Å²) < 4.78 is 54.7. The average Bonchev–Trinajstić information content (AvgIpc) is 2.04. The lowest BCUT2D eigenvalue weighted by Crippen LogP contribution is -2.74. The van der Waals surface area contributed by atoms with E-state index in [1.165, 1.54) is 0 Å². The van der Waals surface area contributed by atoms with E-state index in [1.54, 1.807) is 19.9 Å².